The zero-order valence-electron chi connectivity index (χ0n) is 11.6. The molecule has 98 valence electrons. The van der Waals surface area contributed by atoms with Crippen LogP contribution in [0.4, 0.5) is 0 Å². The van der Waals surface area contributed by atoms with Crippen molar-refractivity contribution in [3.63, 3.8) is 0 Å². The fraction of sp³-hybridized carbons (Fsp3) is 1.00. The second kappa shape index (κ2) is 4.91. The van der Waals surface area contributed by atoms with E-state index >= 15 is 0 Å². The van der Waals surface area contributed by atoms with Crippen LogP contribution in [0.3, 0.4) is 0 Å². The van der Waals surface area contributed by atoms with Crippen LogP contribution in [0.5, 0.6) is 0 Å². The summed E-state index contributed by atoms with van der Waals surface area (Å²) < 4.78 is 0. The van der Waals surface area contributed by atoms with Crippen LogP contribution in [0.2, 0.25) is 0 Å². The summed E-state index contributed by atoms with van der Waals surface area (Å²) in [5.41, 5.74) is 0. The zero-order valence-corrected chi connectivity index (χ0v) is 11.6. The Kier molecular flexibility index (Phi) is 3.47. The molecule has 0 aromatic carbocycles. The molecule has 0 aromatic rings. The second-order valence-corrected chi connectivity index (χ2v) is 7.32. The van der Waals surface area contributed by atoms with E-state index in [4.69, 9.17) is 0 Å². The molecule has 0 amide bonds. The van der Waals surface area contributed by atoms with Crippen molar-refractivity contribution in [1.82, 2.24) is 5.32 Å². The lowest BCUT2D eigenvalue weighted by Crippen LogP contribution is -2.44. The molecule has 2 bridgehead atoms. The van der Waals surface area contributed by atoms with E-state index in [1.807, 2.05) is 0 Å². The summed E-state index contributed by atoms with van der Waals surface area (Å²) in [6.45, 7) is 4.81. The van der Waals surface area contributed by atoms with Gasteiger partial charge in [0.2, 0.25) is 0 Å². The molecule has 0 aromatic heterocycles. The van der Waals surface area contributed by atoms with Crippen molar-refractivity contribution < 1.29 is 0 Å². The minimum Gasteiger partial charge on any atom is -0.311 e. The zero-order chi connectivity index (χ0) is 11.8. The third-order valence-corrected chi connectivity index (χ3v) is 5.85. The first-order valence-corrected chi connectivity index (χ1v) is 7.98. The molecule has 0 saturated heterocycles. The van der Waals surface area contributed by atoms with E-state index in [-0.39, 0.29) is 0 Å². The maximum atomic E-state index is 4.03. The molecule has 1 heteroatoms. The van der Waals surface area contributed by atoms with Crippen LogP contribution >= 0.6 is 0 Å². The monoisotopic (exact) mass is 235 g/mol. The van der Waals surface area contributed by atoms with Crippen molar-refractivity contribution in [2.45, 2.75) is 77.3 Å². The van der Waals surface area contributed by atoms with Gasteiger partial charge in [-0.05, 0) is 55.8 Å². The molecule has 0 radical (unpaired) electrons. The molecule has 17 heavy (non-hydrogen) atoms. The van der Waals surface area contributed by atoms with Gasteiger partial charge in [-0.3, -0.25) is 0 Å². The average Bonchev–Trinajstić information content (AvgIpc) is 2.91. The quantitative estimate of drug-likeness (QED) is 0.780. The van der Waals surface area contributed by atoms with Crippen LogP contribution in [-0.4, -0.2) is 12.1 Å². The lowest BCUT2D eigenvalue weighted by Gasteiger charge is -2.35. The van der Waals surface area contributed by atoms with Gasteiger partial charge in [0.1, 0.15) is 0 Å². The summed E-state index contributed by atoms with van der Waals surface area (Å²) >= 11 is 0. The Hall–Kier alpha value is -0.0400. The molecular weight excluding hydrogens is 206 g/mol. The lowest BCUT2D eigenvalue weighted by molar-refractivity contribution is 0.204. The first-order chi connectivity index (χ1) is 8.22. The van der Waals surface area contributed by atoms with Crippen molar-refractivity contribution in [2.75, 3.05) is 0 Å². The predicted molar refractivity (Wildman–Crippen MR) is 73.0 cm³/mol. The van der Waals surface area contributed by atoms with Gasteiger partial charge in [-0.15, -0.1) is 0 Å². The summed E-state index contributed by atoms with van der Waals surface area (Å²) in [7, 11) is 0. The number of hydrogen-bond acceptors (Lipinski definition) is 1. The summed E-state index contributed by atoms with van der Waals surface area (Å²) in [5.74, 6) is 4.00. The third kappa shape index (κ3) is 2.54. The Morgan fingerprint density at radius 3 is 2.47 bits per heavy atom. The van der Waals surface area contributed by atoms with Gasteiger partial charge < -0.3 is 5.32 Å². The van der Waals surface area contributed by atoms with Gasteiger partial charge in [-0.25, -0.2) is 0 Å². The molecule has 0 spiro atoms. The maximum absolute atomic E-state index is 4.03. The van der Waals surface area contributed by atoms with E-state index in [9.17, 15) is 0 Å². The Bertz CT molecular complexity index is 260. The van der Waals surface area contributed by atoms with Crippen molar-refractivity contribution in [3.8, 4) is 0 Å². The summed E-state index contributed by atoms with van der Waals surface area (Å²) in [4.78, 5) is 0. The lowest BCUT2D eigenvalue weighted by atomic mass is 9.79. The van der Waals surface area contributed by atoms with E-state index in [0.29, 0.717) is 0 Å². The molecule has 3 aliphatic carbocycles. The topological polar surface area (TPSA) is 12.0 Å². The van der Waals surface area contributed by atoms with Crippen LogP contribution < -0.4 is 5.32 Å². The Balaban J connectivity index is 1.51. The summed E-state index contributed by atoms with van der Waals surface area (Å²) in [5, 5.41) is 4.03. The van der Waals surface area contributed by atoms with Gasteiger partial charge in [-0.2, -0.15) is 0 Å². The minimum absolute atomic E-state index is 0.848. The van der Waals surface area contributed by atoms with E-state index in [0.717, 1.165) is 35.8 Å². The number of rotatable bonds is 3. The fourth-order valence-electron chi connectivity index (χ4n) is 4.74. The van der Waals surface area contributed by atoms with E-state index < -0.39 is 0 Å². The molecule has 3 rings (SSSR count). The Labute approximate surface area is 107 Å². The highest BCUT2D eigenvalue weighted by atomic mass is 15.0. The molecule has 0 heterocycles. The van der Waals surface area contributed by atoms with Crippen LogP contribution in [0.25, 0.3) is 0 Å². The summed E-state index contributed by atoms with van der Waals surface area (Å²) in [6, 6.07) is 1.74. The maximum Gasteiger partial charge on any atom is 0.0101 e. The Morgan fingerprint density at radius 1 is 0.941 bits per heavy atom. The molecular formula is C16H29N. The van der Waals surface area contributed by atoms with Gasteiger partial charge in [-0.1, -0.05) is 33.1 Å². The molecule has 1 N–H and O–H groups in total. The van der Waals surface area contributed by atoms with E-state index in [2.05, 4.69) is 19.2 Å². The summed E-state index contributed by atoms with van der Waals surface area (Å²) in [6.07, 6.45) is 11.9. The van der Waals surface area contributed by atoms with Crippen LogP contribution in [-0.2, 0) is 0 Å². The highest BCUT2D eigenvalue weighted by Crippen LogP contribution is 2.45. The predicted octanol–water partition coefficient (Wildman–Crippen LogP) is 3.98. The van der Waals surface area contributed by atoms with Crippen molar-refractivity contribution in [2.24, 2.45) is 23.7 Å². The number of fused-ring (bicyclic) bond motifs is 2. The fourth-order valence-corrected chi connectivity index (χ4v) is 4.74. The third-order valence-electron chi connectivity index (χ3n) is 5.85. The molecule has 3 fully saturated rings. The first-order valence-electron chi connectivity index (χ1n) is 7.98. The van der Waals surface area contributed by atoms with Crippen LogP contribution in [0, 0.1) is 23.7 Å². The molecule has 3 saturated carbocycles. The minimum atomic E-state index is 0.848. The molecule has 3 aliphatic rings. The molecule has 1 nitrogen and oxygen atoms in total. The van der Waals surface area contributed by atoms with Gasteiger partial charge >= 0.3 is 0 Å². The van der Waals surface area contributed by atoms with Gasteiger partial charge in [0.15, 0.2) is 0 Å². The largest absolute Gasteiger partial charge is 0.311 e. The van der Waals surface area contributed by atoms with Crippen LogP contribution in [0.15, 0.2) is 0 Å². The SMILES string of the molecule is CC(C)C1CCCC(NC2CC3CCC2C3)C1. The van der Waals surface area contributed by atoms with Crippen molar-refractivity contribution >= 4 is 0 Å². The van der Waals surface area contributed by atoms with E-state index in [1.165, 1.54) is 51.4 Å². The highest BCUT2D eigenvalue weighted by Gasteiger charge is 2.40. The number of hydrogen-bond donors (Lipinski definition) is 1. The molecule has 5 unspecified atom stereocenters. The Morgan fingerprint density at radius 2 is 1.82 bits per heavy atom. The van der Waals surface area contributed by atoms with Crippen molar-refractivity contribution in [3.05, 3.63) is 0 Å². The van der Waals surface area contributed by atoms with Crippen molar-refractivity contribution in [1.29, 1.82) is 0 Å². The molecule has 0 aliphatic heterocycles. The van der Waals surface area contributed by atoms with E-state index in [1.54, 1.807) is 0 Å². The number of nitrogens with one attached hydrogen (secondary N) is 1. The normalized spacial score (nSPS) is 45.7. The highest BCUT2D eigenvalue weighted by molar-refractivity contribution is 4.96. The average molecular weight is 235 g/mol. The standard InChI is InChI=1S/C16H29N/c1-11(2)13-4-3-5-15(10-13)17-16-9-12-6-7-14(16)8-12/h11-17H,3-10H2,1-2H3. The van der Waals surface area contributed by atoms with Crippen LogP contribution in [0.1, 0.15) is 65.2 Å². The second-order valence-electron chi connectivity index (χ2n) is 7.32. The van der Waals surface area contributed by atoms with Gasteiger partial charge in [0, 0.05) is 12.1 Å². The molecule has 5 atom stereocenters. The van der Waals surface area contributed by atoms with Gasteiger partial charge in [0.25, 0.3) is 0 Å². The first kappa shape index (κ1) is 12.0. The smallest absolute Gasteiger partial charge is 0.0101 e. The van der Waals surface area contributed by atoms with Gasteiger partial charge in [0.05, 0.1) is 0 Å².